The fourth-order valence-corrected chi connectivity index (χ4v) is 4.36. The second-order valence-corrected chi connectivity index (χ2v) is 9.09. The Kier molecular flexibility index (Phi) is 6.83. The average Bonchev–Trinajstić information content (AvgIpc) is 3.17. The molecular formula is C24H26O13. The number of benzene rings is 2. The van der Waals surface area contributed by atoms with E-state index in [-0.39, 0.29) is 27.7 Å². The molecule has 0 spiro atoms. The highest BCUT2D eigenvalue weighted by molar-refractivity contribution is 5.93. The zero-order valence-electron chi connectivity index (χ0n) is 19.2. The quantitative estimate of drug-likeness (QED) is 0.180. The Labute approximate surface area is 208 Å². The number of aliphatic hydroxyl groups is 6. The van der Waals surface area contributed by atoms with Gasteiger partial charge in [-0.15, -0.1) is 0 Å². The molecule has 2 saturated heterocycles. The van der Waals surface area contributed by atoms with Crippen molar-refractivity contribution in [1.29, 1.82) is 0 Å². The predicted molar refractivity (Wildman–Crippen MR) is 123 cm³/mol. The Bertz CT molecular complexity index is 1340. The van der Waals surface area contributed by atoms with Gasteiger partial charge in [0.1, 0.15) is 64.2 Å². The van der Waals surface area contributed by atoms with Crippen LogP contribution in [0.4, 0.5) is 0 Å². The van der Waals surface area contributed by atoms with Crippen LogP contribution in [0.5, 0.6) is 11.5 Å². The highest BCUT2D eigenvalue weighted by Gasteiger charge is 2.50. The zero-order chi connectivity index (χ0) is 26.5. The third-order valence-corrected chi connectivity index (χ3v) is 6.56. The smallest absolute Gasteiger partial charge is 0.229 e. The van der Waals surface area contributed by atoms with Gasteiger partial charge in [0.25, 0.3) is 0 Å². The lowest BCUT2D eigenvalue weighted by Crippen LogP contribution is -2.60. The van der Waals surface area contributed by atoms with E-state index in [2.05, 4.69) is 0 Å². The lowest BCUT2D eigenvalue weighted by Gasteiger charge is -2.40. The third kappa shape index (κ3) is 4.54. The van der Waals surface area contributed by atoms with Crippen LogP contribution in [-0.2, 0) is 14.2 Å². The van der Waals surface area contributed by atoms with Crippen molar-refractivity contribution in [2.24, 2.45) is 0 Å². The maximum absolute atomic E-state index is 12.8. The number of para-hydroxylation sites is 1. The molecule has 13 nitrogen and oxygen atoms in total. The highest BCUT2D eigenvalue weighted by atomic mass is 16.7. The third-order valence-electron chi connectivity index (χ3n) is 6.56. The van der Waals surface area contributed by atoms with Crippen molar-refractivity contribution in [2.45, 2.75) is 48.7 Å². The molecule has 13 heteroatoms. The normalized spacial score (nSPS) is 34.3. The topological polar surface area (TPSA) is 209 Å². The van der Waals surface area contributed by atoms with E-state index in [1.165, 1.54) is 6.07 Å². The maximum Gasteiger partial charge on any atom is 0.229 e. The van der Waals surface area contributed by atoms with Gasteiger partial charge in [0.05, 0.1) is 25.2 Å². The molecule has 0 radical (unpaired) electrons. The Morgan fingerprint density at radius 3 is 2.49 bits per heavy atom. The molecule has 2 aliphatic rings. The van der Waals surface area contributed by atoms with Crippen LogP contribution in [0.25, 0.3) is 21.9 Å². The van der Waals surface area contributed by atoms with Crippen LogP contribution in [0.15, 0.2) is 45.6 Å². The summed E-state index contributed by atoms with van der Waals surface area (Å²) >= 11 is 0. The van der Waals surface area contributed by atoms with E-state index in [4.69, 9.17) is 23.4 Å². The number of ether oxygens (including phenoxy) is 4. The van der Waals surface area contributed by atoms with Crippen molar-refractivity contribution in [3.8, 4) is 11.5 Å². The van der Waals surface area contributed by atoms with Crippen LogP contribution < -0.4 is 10.2 Å². The SMILES string of the molecule is O=c1c2ccccc2oc2cc(OC3OC(COC4OCC(O)(CO)C4O)C(O)C(O)C3O)cc(O)c12. The van der Waals surface area contributed by atoms with Gasteiger partial charge in [-0.3, -0.25) is 4.79 Å². The summed E-state index contributed by atoms with van der Waals surface area (Å²) in [6.45, 7) is -1.63. The van der Waals surface area contributed by atoms with Gasteiger partial charge in [-0.2, -0.15) is 0 Å². The molecule has 3 aromatic rings. The van der Waals surface area contributed by atoms with Crippen LogP contribution in [0, 0.1) is 0 Å². The Balaban J connectivity index is 1.35. The van der Waals surface area contributed by atoms with Gasteiger partial charge in [0, 0.05) is 12.1 Å². The monoisotopic (exact) mass is 522 g/mol. The van der Waals surface area contributed by atoms with E-state index in [0.717, 1.165) is 6.07 Å². The summed E-state index contributed by atoms with van der Waals surface area (Å²) in [7, 11) is 0. The molecule has 1 aromatic heterocycles. The summed E-state index contributed by atoms with van der Waals surface area (Å²) in [5.41, 5.74) is -2.08. The summed E-state index contributed by atoms with van der Waals surface area (Å²) in [4.78, 5) is 12.8. The van der Waals surface area contributed by atoms with Crippen LogP contribution in [0.3, 0.4) is 0 Å². The van der Waals surface area contributed by atoms with E-state index in [1.807, 2.05) is 0 Å². The Hall–Kier alpha value is -2.85. The first kappa shape index (κ1) is 25.8. The van der Waals surface area contributed by atoms with Crippen molar-refractivity contribution in [3.63, 3.8) is 0 Å². The fourth-order valence-electron chi connectivity index (χ4n) is 4.36. The molecule has 5 rings (SSSR count). The molecule has 8 unspecified atom stereocenters. The zero-order valence-corrected chi connectivity index (χ0v) is 19.2. The van der Waals surface area contributed by atoms with Crippen LogP contribution in [0.2, 0.25) is 0 Å². The van der Waals surface area contributed by atoms with Crippen molar-refractivity contribution in [3.05, 3.63) is 46.6 Å². The number of aromatic hydroxyl groups is 1. The van der Waals surface area contributed by atoms with E-state index < -0.39 is 79.7 Å². The molecule has 200 valence electrons. The molecule has 7 N–H and O–H groups in total. The average molecular weight is 522 g/mol. The lowest BCUT2D eigenvalue weighted by atomic mass is 9.99. The minimum atomic E-state index is -1.92. The fraction of sp³-hybridized carbons (Fsp3) is 0.458. The number of hydrogen-bond acceptors (Lipinski definition) is 13. The summed E-state index contributed by atoms with van der Waals surface area (Å²) in [5, 5.41) is 71.2. The molecule has 0 aliphatic carbocycles. The van der Waals surface area contributed by atoms with E-state index in [0.29, 0.717) is 0 Å². The number of fused-ring (bicyclic) bond motifs is 2. The summed E-state index contributed by atoms with van der Waals surface area (Å²) in [5.74, 6) is -0.514. The first-order valence-electron chi connectivity index (χ1n) is 11.4. The van der Waals surface area contributed by atoms with Crippen molar-refractivity contribution in [1.82, 2.24) is 0 Å². The van der Waals surface area contributed by atoms with Crippen LogP contribution in [0.1, 0.15) is 0 Å². The Morgan fingerprint density at radius 1 is 1.00 bits per heavy atom. The van der Waals surface area contributed by atoms with Gasteiger partial charge >= 0.3 is 0 Å². The van der Waals surface area contributed by atoms with Crippen molar-refractivity contribution < 1.29 is 59.1 Å². The first-order chi connectivity index (χ1) is 17.6. The number of hydrogen-bond donors (Lipinski definition) is 7. The van der Waals surface area contributed by atoms with E-state index >= 15 is 0 Å². The number of phenols is 1. The molecule has 0 amide bonds. The summed E-state index contributed by atoms with van der Waals surface area (Å²) in [6, 6.07) is 8.91. The van der Waals surface area contributed by atoms with Gasteiger partial charge < -0.3 is 59.1 Å². The minimum absolute atomic E-state index is 0.00760. The molecule has 2 fully saturated rings. The van der Waals surface area contributed by atoms with Gasteiger partial charge in [-0.25, -0.2) is 0 Å². The van der Waals surface area contributed by atoms with E-state index in [1.54, 1.807) is 24.3 Å². The Morgan fingerprint density at radius 2 is 1.76 bits per heavy atom. The highest BCUT2D eigenvalue weighted by Crippen LogP contribution is 2.33. The molecule has 2 aromatic carbocycles. The number of aliphatic hydroxyl groups excluding tert-OH is 5. The largest absolute Gasteiger partial charge is 0.507 e. The first-order valence-corrected chi connectivity index (χ1v) is 11.4. The predicted octanol–water partition coefficient (Wildman–Crippen LogP) is -1.70. The van der Waals surface area contributed by atoms with Gasteiger partial charge in [-0.05, 0) is 12.1 Å². The van der Waals surface area contributed by atoms with Gasteiger partial charge in [-0.1, -0.05) is 12.1 Å². The maximum atomic E-state index is 12.8. The lowest BCUT2D eigenvalue weighted by molar-refractivity contribution is -0.289. The van der Waals surface area contributed by atoms with Gasteiger partial charge in [0.15, 0.2) is 6.29 Å². The number of rotatable bonds is 6. The van der Waals surface area contributed by atoms with Crippen LogP contribution >= 0.6 is 0 Å². The second-order valence-electron chi connectivity index (χ2n) is 9.09. The molecule has 0 saturated carbocycles. The van der Waals surface area contributed by atoms with Crippen LogP contribution in [-0.4, -0.2) is 104 Å². The number of phenolic OH excluding ortho intramolecular Hbond substituents is 1. The standard InChI is InChI=1S/C24H26O13/c25-8-24(32)9-34-23(21(24)31)33-7-15-18(28)19(29)20(30)22(37-15)35-10-5-12(26)16-14(6-10)36-13-4-2-1-3-11(13)17(16)27/h1-6,15,18-23,25-26,28-32H,7-9H2. The molecule has 3 heterocycles. The molecule has 37 heavy (non-hydrogen) atoms. The minimum Gasteiger partial charge on any atom is -0.507 e. The van der Waals surface area contributed by atoms with E-state index in [9.17, 15) is 40.5 Å². The summed E-state index contributed by atoms with van der Waals surface area (Å²) < 4.78 is 27.4. The summed E-state index contributed by atoms with van der Waals surface area (Å²) in [6.07, 6.45) is -10.9. The van der Waals surface area contributed by atoms with Crippen molar-refractivity contribution in [2.75, 3.05) is 19.8 Å². The van der Waals surface area contributed by atoms with Gasteiger partial charge in [0.2, 0.25) is 11.7 Å². The molecule has 0 bridgehead atoms. The molecule has 2 aliphatic heterocycles. The molecule has 8 atom stereocenters. The molecular weight excluding hydrogens is 496 g/mol. The van der Waals surface area contributed by atoms with Crippen molar-refractivity contribution >= 4 is 21.9 Å². The second kappa shape index (κ2) is 9.79.